The summed E-state index contributed by atoms with van der Waals surface area (Å²) in [6.45, 7) is 3.76. The van der Waals surface area contributed by atoms with Crippen LogP contribution in [0.4, 0.5) is 0 Å². The molecule has 0 amide bonds. The molecule has 0 bridgehead atoms. The van der Waals surface area contributed by atoms with Crippen molar-refractivity contribution in [2.75, 3.05) is 7.11 Å². The predicted octanol–water partition coefficient (Wildman–Crippen LogP) is 2.97. The van der Waals surface area contributed by atoms with Crippen molar-refractivity contribution in [3.63, 3.8) is 0 Å². The minimum atomic E-state index is -0.157. The number of ether oxygens (including phenoxy) is 1. The number of Topliss-reactive ketones (excluding diaryl/α,β-unsaturated/α-hetero) is 1. The number of aryl methyl sites for hydroxylation is 1. The monoisotopic (exact) mass is 256 g/mol. The molecule has 0 fully saturated rings. The van der Waals surface area contributed by atoms with Gasteiger partial charge in [-0.15, -0.1) is 0 Å². The van der Waals surface area contributed by atoms with Crippen molar-refractivity contribution in [3.05, 3.63) is 29.3 Å². The molecule has 0 N–H and O–H groups in total. The molecule has 0 aliphatic heterocycles. The van der Waals surface area contributed by atoms with Crippen molar-refractivity contribution in [1.82, 2.24) is 0 Å². The van der Waals surface area contributed by atoms with E-state index in [1.165, 1.54) is 0 Å². The van der Waals surface area contributed by atoms with E-state index in [1.54, 1.807) is 13.2 Å². The van der Waals surface area contributed by atoms with Crippen molar-refractivity contribution in [2.45, 2.75) is 18.7 Å². The second-order valence-electron chi connectivity index (χ2n) is 3.16. The van der Waals surface area contributed by atoms with Gasteiger partial charge < -0.3 is 4.74 Å². The Labute approximate surface area is 92.4 Å². The van der Waals surface area contributed by atoms with Gasteiger partial charge in [-0.25, -0.2) is 0 Å². The van der Waals surface area contributed by atoms with Crippen molar-refractivity contribution in [2.24, 2.45) is 0 Å². The second-order valence-corrected chi connectivity index (χ2v) is 4.54. The molecule has 1 aromatic carbocycles. The van der Waals surface area contributed by atoms with Crippen LogP contribution in [0, 0.1) is 6.92 Å². The Kier molecular flexibility index (Phi) is 3.69. The van der Waals surface area contributed by atoms with Crippen molar-refractivity contribution in [3.8, 4) is 5.75 Å². The van der Waals surface area contributed by atoms with Crippen LogP contribution in [-0.4, -0.2) is 17.7 Å². The van der Waals surface area contributed by atoms with E-state index in [4.69, 9.17) is 4.74 Å². The van der Waals surface area contributed by atoms with Gasteiger partial charge in [0.25, 0.3) is 0 Å². The van der Waals surface area contributed by atoms with Crippen LogP contribution in [0.15, 0.2) is 18.2 Å². The molecule has 0 saturated carbocycles. The molecule has 1 rings (SSSR count). The first kappa shape index (κ1) is 11.2. The van der Waals surface area contributed by atoms with Gasteiger partial charge in [0.2, 0.25) is 0 Å². The normalized spacial score (nSPS) is 12.3. The van der Waals surface area contributed by atoms with Gasteiger partial charge in [0.1, 0.15) is 5.75 Å². The van der Waals surface area contributed by atoms with Crippen molar-refractivity contribution >= 4 is 21.7 Å². The van der Waals surface area contributed by atoms with Crippen LogP contribution in [0.3, 0.4) is 0 Å². The summed E-state index contributed by atoms with van der Waals surface area (Å²) in [5.74, 6) is 0.826. The zero-order chi connectivity index (χ0) is 10.7. The third kappa shape index (κ3) is 2.35. The fraction of sp³-hybridized carbons (Fsp3) is 0.364. The summed E-state index contributed by atoms with van der Waals surface area (Å²) in [4.78, 5) is 11.5. The van der Waals surface area contributed by atoms with E-state index < -0.39 is 0 Å². The van der Waals surface area contributed by atoms with Gasteiger partial charge in [0.05, 0.1) is 11.9 Å². The lowest BCUT2D eigenvalue weighted by Crippen LogP contribution is -2.10. The molecule has 0 aliphatic rings. The van der Waals surface area contributed by atoms with E-state index in [2.05, 4.69) is 15.9 Å². The quantitative estimate of drug-likeness (QED) is 0.614. The molecule has 0 saturated heterocycles. The molecule has 1 atom stereocenters. The fourth-order valence-electron chi connectivity index (χ4n) is 1.20. The largest absolute Gasteiger partial charge is 0.496 e. The van der Waals surface area contributed by atoms with Crippen LogP contribution >= 0.6 is 15.9 Å². The molecule has 0 aromatic heterocycles. The lowest BCUT2D eigenvalue weighted by atomic mass is 10.1. The summed E-state index contributed by atoms with van der Waals surface area (Å²) >= 11 is 3.25. The zero-order valence-electron chi connectivity index (χ0n) is 8.50. The predicted molar refractivity (Wildman–Crippen MR) is 60.5 cm³/mol. The molecule has 0 radical (unpaired) electrons. The first-order chi connectivity index (χ1) is 6.56. The molecule has 3 heteroatoms. The number of ketones is 1. The van der Waals surface area contributed by atoms with Crippen LogP contribution in [0.25, 0.3) is 0 Å². The minimum absolute atomic E-state index is 0.0725. The molecular weight excluding hydrogens is 244 g/mol. The molecule has 76 valence electrons. The van der Waals surface area contributed by atoms with Gasteiger partial charge in [0.15, 0.2) is 5.78 Å². The number of carbonyl (C=O) groups is 1. The lowest BCUT2D eigenvalue weighted by Gasteiger charge is -2.07. The Morgan fingerprint density at radius 1 is 1.50 bits per heavy atom. The summed E-state index contributed by atoms with van der Waals surface area (Å²) in [7, 11) is 1.61. The summed E-state index contributed by atoms with van der Waals surface area (Å²) in [6.07, 6.45) is 0. The van der Waals surface area contributed by atoms with Gasteiger partial charge in [-0.3, -0.25) is 4.79 Å². The Morgan fingerprint density at radius 2 is 2.14 bits per heavy atom. The Bertz CT molecular complexity index is 345. The maximum absolute atomic E-state index is 11.6. The van der Waals surface area contributed by atoms with E-state index in [9.17, 15) is 4.79 Å². The van der Waals surface area contributed by atoms with E-state index in [1.807, 2.05) is 26.0 Å². The highest BCUT2D eigenvalue weighted by atomic mass is 79.9. The number of alkyl halides is 1. The standard InChI is InChI=1S/C11H13BrO2/c1-7-4-5-9(6-10(7)14-3)11(13)8(2)12/h4-6,8H,1-3H3. The number of carbonyl (C=O) groups excluding carboxylic acids is 1. The van der Waals surface area contributed by atoms with Crippen LogP contribution < -0.4 is 4.74 Å². The van der Waals surface area contributed by atoms with Crippen LogP contribution in [0.2, 0.25) is 0 Å². The third-order valence-electron chi connectivity index (χ3n) is 2.05. The smallest absolute Gasteiger partial charge is 0.176 e. The number of rotatable bonds is 3. The molecule has 0 spiro atoms. The molecule has 1 aromatic rings. The van der Waals surface area contributed by atoms with Gasteiger partial charge in [-0.05, 0) is 25.5 Å². The average Bonchev–Trinajstić information content (AvgIpc) is 2.17. The van der Waals surface area contributed by atoms with Crippen molar-refractivity contribution < 1.29 is 9.53 Å². The highest BCUT2D eigenvalue weighted by Crippen LogP contribution is 2.20. The molecule has 1 unspecified atom stereocenters. The molecule has 2 nitrogen and oxygen atoms in total. The first-order valence-corrected chi connectivity index (χ1v) is 5.30. The van der Waals surface area contributed by atoms with Gasteiger partial charge in [0, 0.05) is 5.56 Å². The number of hydrogen-bond donors (Lipinski definition) is 0. The van der Waals surface area contributed by atoms with Crippen LogP contribution in [-0.2, 0) is 0 Å². The number of hydrogen-bond acceptors (Lipinski definition) is 2. The van der Waals surface area contributed by atoms with E-state index >= 15 is 0 Å². The fourth-order valence-corrected chi connectivity index (χ4v) is 1.47. The van der Waals surface area contributed by atoms with Crippen molar-refractivity contribution in [1.29, 1.82) is 0 Å². The third-order valence-corrected chi connectivity index (χ3v) is 2.47. The van der Waals surface area contributed by atoms with Gasteiger partial charge >= 0.3 is 0 Å². The van der Waals surface area contributed by atoms with Crippen LogP contribution in [0.1, 0.15) is 22.8 Å². The number of benzene rings is 1. The number of methoxy groups -OCH3 is 1. The maximum atomic E-state index is 11.6. The minimum Gasteiger partial charge on any atom is -0.496 e. The van der Waals surface area contributed by atoms with Gasteiger partial charge in [-0.1, -0.05) is 28.1 Å². The maximum Gasteiger partial charge on any atom is 0.176 e. The molecular formula is C11H13BrO2. The van der Waals surface area contributed by atoms with Crippen LogP contribution in [0.5, 0.6) is 5.75 Å². The zero-order valence-corrected chi connectivity index (χ0v) is 10.1. The molecule has 14 heavy (non-hydrogen) atoms. The Balaban J connectivity index is 3.06. The van der Waals surface area contributed by atoms with E-state index in [0.717, 1.165) is 11.3 Å². The van der Waals surface area contributed by atoms with Gasteiger partial charge in [-0.2, -0.15) is 0 Å². The molecule has 0 heterocycles. The Morgan fingerprint density at radius 3 is 2.64 bits per heavy atom. The summed E-state index contributed by atoms with van der Waals surface area (Å²) in [5, 5.41) is 0. The summed E-state index contributed by atoms with van der Waals surface area (Å²) < 4.78 is 5.15. The molecule has 0 aliphatic carbocycles. The number of halogens is 1. The first-order valence-electron chi connectivity index (χ1n) is 4.39. The topological polar surface area (TPSA) is 26.3 Å². The lowest BCUT2D eigenvalue weighted by molar-refractivity contribution is 0.0995. The van der Waals surface area contributed by atoms with E-state index in [0.29, 0.717) is 5.56 Å². The average molecular weight is 257 g/mol. The highest BCUT2D eigenvalue weighted by molar-refractivity contribution is 9.10. The summed E-state index contributed by atoms with van der Waals surface area (Å²) in [5.41, 5.74) is 1.71. The highest BCUT2D eigenvalue weighted by Gasteiger charge is 2.12. The summed E-state index contributed by atoms with van der Waals surface area (Å²) in [6, 6.07) is 5.48. The second kappa shape index (κ2) is 4.60. The van der Waals surface area contributed by atoms with E-state index in [-0.39, 0.29) is 10.6 Å². The SMILES string of the molecule is COc1cc(C(=O)C(C)Br)ccc1C. The Hall–Kier alpha value is -0.830.